The molecule has 1 heteroatoms. The van der Waals surface area contributed by atoms with Gasteiger partial charge in [-0.25, -0.2) is 0 Å². The highest BCUT2D eigenvalue weighted by atomic mass is 16.5. The van der Waals surface area contributed by atoms with Gasteiger partial charge < -0.3 is 4.74 Å². The summed E-state index contributed by atoms with van der Waals surface area (Å²) in [5.41, 5.74) is 14.4. The fourth-order valence-corrected chi connectivity index (χ4v) is 7.71. The summed E-state index contributed by atoms with van der Waals surface area (Å²) in [4.78, 5) is 0. The minimum Gasteiger partial charge on any atom is -0.456 e. The fourth-order valence-electron chi connectivity index (χ4n) is 7.71. The maximum absolute atomic E-state index is 6.49. The molecule has 0 unspecified atom stereocenters. The first-order valence-corrected chi connectivity index (χ1v) is 17.5. The molecule has 0 amide bonds. The number of ether oxygens (including phenoxy) is 1. The van der Waals surface area contributed by atoms with Crippen LogP contribution >= 0.6 is 0 Å². The molecule has 0 fully saturated rings. The van der Waals surface area contributed by atoms with E-state index in [2.05, 4.69) is 188 Å². The number of benzene rings is 9. The van der Waals surface area contributed by atoms with Crippen molar-refractivity contribution in [2.45, 2.75) is 0 Å². The Morgan fingerprint density at radius 2 is 0.725 bits per heavy atom. The second-order valence-electron chi connectivity index (χ2n) is 13.3. The molecule has 0 saturated heterocycles. The molecule has 1 heterocycles. The van der Waals surface area contributed by atoms with Crippen LogP contribution in [0.3, 0.4) is 0 Å². The predicted octanol–water partition coefficient (Wildman–Crippen LogP) is 14.1. The second kappa shape index (κ2) is 12.0. The zero-order valence-corrected chi connectivity index (χ0v) is 27.9. The molecule has 10 rings (SSSR count). The van der Waals surface area contributed by atoms with Crippen LogP contribution in [0.5, 0.6) is 11.5 Å². The standard InChI is InChI=1S/C50H32O/c1-3-12-33(13-4-1)40-29-41(34-14-5-2-6-15-34)31-42(30-40)38-19-10-17-36(27-38)35-16-9-18-37(26-35)39-24-25-44-43(28-39)32-49-50-46(44)21-11-22-47(50)45-20-7-8-23-48(45)51-49/h1-32H. The molecule has 0 saturated carbocycles. The average Bonchev–Trinajstić information content (AvgIpc) is 3.21. The number of rotatable bonds is 5. The van der Waals surface area contributed by atoms with Crippen LogP contribution in [-0.4, -0.2) is 0 Å². The first-order valence-electron chi connectivity index (χ1n) is 17.5. The predicted molar refractivity (Wildman–Crippen MR) is 214 cm³/mol. The third-order valence-corrected chi connectivity index (χ3v) is 10.2. The lowest BCUT2D eigenvalue weighted by Crippen LogP contribution is -1.97. The maximum atomic E-state index is 6.49. The van der Waals surface area contributed by atoms with Crippen molar-refractivity contribution in [1.82, 2.24) is 0 Å². The quantitative estimate of drug-likeness (QED) is 0.169. The van der Waals surface area contributed by atoms with Gasteiger partial charge in [0.05, 0.1) is 0 Å². The molecule has 0 N–H and O–H groups in total. The van der Waals surface area contributed by atoms with Crippen LogP contribution in [0.2, 0.25) is 0 Å². The van der Waals surface area contributed by atoms with Crippen LogP contribution in [-0.2, 0) is 0 Å². The molecule has 0 aliphatic carbocycles. The Hall–Kier alpha value is -6.70. The van der Waals surface area contributed by atoms with Crippen LogP contribution in [0.25, 0.3) is 88.3 Å². The molecule has 1 aliphatic rings. The van der Waals surface area contributed by atoms with E-state index in [1.165, 1.54) is 82.7 Å². The van der Waals surface area contributed by atoms with Crippen molar-refractivity contribution < 1.29 is 4.74 Å². The Bertz CT molecular complexity index is 2700. The number of para-hydroxylation sites is 1. The number of hydrogen-bond acceptors (Lipinski definition) is 1. The molecule has 9 aromatic carbocycles. The third kappa shape index (κ3) is 5.19. The highest BCUT2D eigenvalue weighted by Gasteiger charge is 2.21. The van der Waals surface area contributed by atoms with E-state index in [4.69, 9.17) is 4.74 Å². The first-order chi connectivity index (χ1) is 25.2. The van der Waals surface area contributed by atoms with Gasteiger partial charge >= 0.3 is 0 Å². The summed E-state index contributed by atoms with van der Waals surface area (Å²) >= 11 is 0. The third-order valence-electron chi connectivity index (χ3n) is 10.2. The molecule has 238 valence electrons. The van der Waals surface area contributed by atoms with E-state index in [9.17, 15) is 0 Å². The lowest BCUT2D eigenvalue weighted by Gasteiger charge is -2.22. The van der Waals surface area contributed by atoms with Crippen LogP contribution < -0.4 is 4.74 Å². The van der Waals surface area contributed by atoms with E-state index in [-0.39, 0.29) is 0 Å². The van der Waals surface area contributed by atoms with Crippen molar-refractivity contribution >= 4 is 21.5 Å². The lowest BCUT2D eigenvalue weighted by atomic mass is 9.90. The van der Waals surface area contributed by atoms with Gasteiger partial charge in [0.1, 0.15) is 11.5 Å². The van der Waals surface area contributed by atoms with Crippen molar-refractivity contribution in [1.29, 1.82) is 0 Å². The molecule has 0 radical (unpaired) electrons. The first kappa shape index (κ1) is 29.2. The van der Waals surface area contributed by atoms with Gasteiger partial charge in [0.15, 0.2) is 0 Å². The van der Waals surface area contributed by atoms with Crippen molar-refractivity contribution in [3.8, 4) is 78.3 Å². The van der Waals surface area contributed by atoms with Gasteiger partial charge in [0, 0.05) is 10.9 Å². The summed E-state index contributed by atoms with van der Waals surface area (Å²) in [6.45, 7) is 0. The van der Waals surface area contributed by atoms with Crippen LogP contribution in [0.4, 0.5) is 0 Å². The molecule has 51 heavy (non-hydrogen) atoms. The minimum atomic E-state index is 0.908. The Morgan fingerprint density at radius 1 is 0.255 bits per heavy atom. The molecule has 1 aliphatic heterocycles. The van der Waals surface area contributed by atoms with E-state index < -0.39 is 0 Å². The van der Waals surface area contributed by atoms with Crippen molar-refractivity contribution in [3.05, 3.63) is 194 Å². The molecular formula is C50H32O. The molecule has 0 spiro atoms. The van der Waals surface area contributed by atoms with E-state index >= 15 is 0 Å². The van der Waals surface area contributed by atoms with Crippen molar-refractivity contribution in [3.63, 3.8) is 0 Å². The maximum Gasteiger partial charge on any atom is 0.136 e. The van der Waals surface area contributed by atoms with E-state index in [1.807, 2.05) is 6.07 Å². The molecule has 0 aromatic heterocycles. The SMILES string of the molecule is c1ccc(-c2cc(-c3ccccc3)cc(-c3cccc(-c4cccc(-c5ccc6c(c5)cc5c7c(cccc76)-c6ccccc6O5)c4)c3)c2)cc1. The summed E-state index contributed by atoms with van der Waals surface area (Å²) in [6.07, 6.45) is 0. The molecule has 9 aromatic rings. The second-order valence-corrected chi connectivity index (χ2v) is 13.3. The normalized spacial score (nSPS) is 11.7. The Morgan fingerprint density at radius 3 is 1.37 bits per heavy atom. The lowest BCUT2D eigenvalue weighted by molar-refractivity contribution is 0.487. The van der Waals surface area contributed by atoms with E-state index in [0.717, 1.165) is 17.1 Å². The van der Waals surface area contributed by atoms with Gasteiger partial charge in [-0.1, -0.05) is 146 Å². The van der Waals surface area contributed by atoms with E-state index in [1.54, 1.807) is 0 Å². The minimum absolute atomic E-state index is 0.908. The molecule has 0 atom stereocenters. The topological polar surface area (TPSA) is 9.23 Å². The highest BCUT2D eigenvalue weighted by molar-refractivity contribution is 6.17. The van der Waals surface area contributed by atoms with Gasteiger partial charge in [-0.05, 0) is 126 Å². The Balaban J connectivity index is 1.04. The van der Waals surface area contributed by atoms with Gasteiger partial charge in [0.25, 0.3) is 0 Å². The van der Waals surface area contributed by atoms with Gasteiger partial charge in [-0.3, -0.25) is 0 Å². The molecule has 1 nitrogen and oxygen atoms in total. The monoisotopic (exact) mass is 648 g/mol. The Labute approximate surface area is 297 Å². The van der Waals surface area contributed by atoms with E-state index in [0.29, 0.717) is 0 Å². The van der Waals surface area contributed by atoms with Gasteiger partial charge in [-0.15, -0.1) is 0 Å². The summed E-state index contributed by atoms with van der Waals surface area (Å²) in [7, 11) is 0. The zero-order valence-electron chi connectivity index (χ0n) is 27.9. The molecule has 0 bridgehead atoms. The number of fused-ring (bicyclic) bond motifs is 4. The Kier molecular flexibility index (Phi) is 6.89. The molecular weight excluding hydrogens is 617 g/mol. The van der Waals surface area contributed by atoms with Gasteiger partial charge in [0.2, 0.25) is 0 Å². The van der Waals surface area contributed by atoms with Crippen LogP contribution in [0, 0.1) is 0 Å². The highest BCUT2D eigenvalue weighted by Crippen LogP contribution is 2.48. The summed E-state index contributed by atoms with van der Waals surface area (Å²) in [5.74, 6) is 1.83. The number of hydrogen-bond donors (Lipinski definition) is 0. The van der Waals surface area contributed by atoms with Gasteiger partial charge in [-0.2, -0.15) is 0 Å². The summed E-state index contributed by atoms with van der Waals surface area (Å²) in [5, 5.41) is 4.81. The van der Waals surface area contributed by atoms with Crippen LogP contribution in [0.1, 0.15) is 0 Å². The zero-order chi connectivity index (χ0) is 33.7. The summed E-state index contributed by atoms with van der Waals surface area (Å²) in [6, 6.07) is 70.0. The average molecular weight is 649 g/mol. The largest absolute Gasteiger partial charge is 0.456 e. The fraction of sp³-hybridized carbons (Fsp3) is 0. The smallest absolute Gasteiger partial charge is 0.136 e. The van der Waals surface area contributed by atoms with Crippen molar-refractivity contribution in [2.24, 2.45) is 0 Å². The van der Waals surface area contributed by atoms with Crippen molar-refractivity contribution in [2.75, 3.05) is 0 Å². The summed E-state index contributed by atoms with van der Waals surface area (Å²) < 4.78 is 6.49. The van der Waals surface area contributed by atoms with Crippen LogP contribution in [0.15, 0.2) is 194 Å².